The van der Waals surface area contributed by atoms with Crippen molar-refractivity contribution >= 4 is 22.3 Å². The second kappa shape index (κ2) is 6.80. The van der Waals surface area contributed by atoms with E-state index >= 15 is 0 Å². The second-order valence-corrected chi connectivity index (χ2v) is 6.33. The molecule has 1 aliphatic heterocycles. The number of methoxy groups -OCH3 is 1. The van der Waals surface area contributed by atoms with Gasteiger partial charge in [0, 0.05) is 24.6 Å². The Morgan fingerprint density at radius 2 is 2.08 bits per heavy atom. The van der Waals surface area contributed by atoms with Crippen LogP contribution in [-0.2, 0) is 16.1 Å². The number of hydrogen-bond donors (Lipinski definition) is 1. The topological polar surface area (TPSA) is 86.9 Å². The molecule has 3 aromatic rings. The molecule has 0 unspecified atom stereocenters. The lowest BCUT2D eigenvalue weighted by atomic mass is 10.1. The molecule has 1 N–H and O–H groups in total. The molecular formula is C18H20N4O4. The molecule has 1 amide bonds. The summed E-state index contributed by atoms with van der Waals surface area (Å²) in [5.74, 6) is -0.242. The minimum Gasteiger partial charge on any atom is -0.467 e. The van der Waals surface area contributed by atoms with E-state index in [9.17, 15) is 9.59 Å². The van der Waals surface area contributed by atoms with Crippen molar-refractivity contribution in [2.24, 2.45) is 0 Å². The van der Waals surface area contributed by atoms with E-state index in [-0.39, 0.29) is 30.1 Å². The molecule has 0 aliphatic carbocycles. The maximum Gasteiger partial charge on any atom is 0.318 e. The molecule has 4 rings (SSSR count). The fourth-order valence-electron chi connectivity index (χ4n) is 3.33. The number of para-hydroxylation sites is 1. The minimum atomic E-state index is -0.330. The van der Waals surface area contributed by atoms with Gasteiger partial charge in [-0.3, -0.25) is 14.0 Å². The van der Waals surface area contributed by atoms with Crippen molar-refractivity contribution in [2.75, 3.05) is 20.3 Å². The Bertz CT molecular complexity index is 1020. The summed E-state index contributed by atoms with van der Waals surface area (Å²) in [5.41, 5.74) is 0.934. The van der Waals surface area contributed by atoms with Crippen LogP contribution in [0.25, 0.3) is 16.4 Å². The van der Waals surface area contributed by atoms with E-state index in [0.717, 1.165) is 28.4 Å². The molecule has 2 aromatic heterocycles. The first-order valence-corrected chi connectivity index (χ1v) is 8.60. The molecule has 3 heterocycles. The molecule has 0 saturated carbocycles. The van der Waals surface area contributed by atoms with Gasteiger partial charge < -0.3 is 14.8 Å². The highest BCUT2D eigenvalue weighted by atomic mass is 16.5. The number of nitrogens with one attached hydrogen (secondary N) is 1. The third-order valence-corrected chi connectivity index (χ3v) is 4.62. The van der Waals surface area contributed by atoms with Crippen molar-refractivity contribution < 1.29 is 14.3 Å². The number of amides is 1. The average Bonchev–Trinajstić information content (AvgIpc) is 3.05. The number of rotatable bonds is 4. The fourth-order valence-corrected chi connectivity index (χ4v) is 3.33. The first-order chi connectivity index (χ1) is 12.7. The summed E-state index contributed by atoms with van der Waals surface area (Å²) in [6, 6.07) is 9.74. The third-order valence-electron chi connectivity index (χ3n) is 4.62. The van der Waals surface area contributed by atoms with Gasteiger partial charge in [-0.05, 0) is 25.0 Å². The van der Waals surface area contributed by atoms with Gasteiger partial charge in [-0.25, -0.2) is 4.68 Å². The van der Waals surface area contributed by atoms with Crippen LogP contribution in [-0.4, -0.2) is 46.5 Å². The molecule has 1 fully saturated rings. The van der Waals surface area contributed by atoms with Gasteiger partial charge in [0.2, 0.25) is 5.91 Å². The van der Waals surface area contributed by atoms with Crippen LogP contribution in [0.4, 0.5) is 0 Å². The standard InChI is InChI=1S/C18H20N4O4/c1-25-18-20-21(11-16(23)19-13-6-8-26-9-7-13)17(24)15-10-12-4-2-3-5-14(12)22(15)18/h2-5,10,13H,6-9,11H2,1H3,(H,19,23). The largest absolute Gasteiger partial charge is 0.467 e. The number of aromatic nitrogens is 3. The normalized spacial score (nSPS) is 15.4. The molecule has 26 heavy (non-hydrogen) atoms. The molecule has 136 valence electrons. The quantitative estimate of drug-likeness (QED) is 0.752. The Balaban J connectivity index is 1.69. The number of hydrogen-bond acceptors (Lipinski definition) is 5. The van der Waals surface area contributed by atoms with E-state index in [2.05, 4.69) is 10.4 Å². The van der Waals surface area contributed by atoms with E-state index in [1.54, 1.807) is 10.5 Å². The molecule has 1 saturated heterocycles. The number of ether oxygens (including phenoxy) is 2. The zero-order valence-electron chi connectivity index (χ0n) is 14.5. The molecular weight excluding hydrogens is 336 g/mol. The molecule has 8 nitrogen and oxygen atoms in total. The van der Waals surface area contributed by atoms with Gasteiger partial charge in [0.05, 0.1) is 12.6 Å². The van der Waals surface area contributed by atoms with Crippen LogP contribution >= 0.6 is 0 Å². The molecule has 0 atom stereocenters. The Morgan fingerprint density at radius 1 is 1.31 bits per heavy atom. The van der Waals surface area contributed by atoms with E-state index in [4.69, 9.17) is 9.47 Å². The number of carbonyl (C=O) groups is 1. The van der Waals surface area contributed by atoms with Crippen LogP contribution in [0.15, 0.2) is 35.1 Å². The Kier molecular flexibility index (Phi) is 4.34. The van der Waals surface area contributed by atoms with Gasteiger partial charge in [-0.2, -0.15) is 0 Å². The predicted molar refractivity (Wildman–Crippen MR) is 95.5 cm³/mol. The van der Waals surface area contributed by atoms with Crippen LogP contribution in [0.3, 0.4) is 0 Å². The predicted octanol–water partition coefficient (Wildman–Crippen LogP) is 0.953. The summed E-state index contributed by atoms with van der Waals surface area (Å²) in [6.45, 7) is 1.13. The van der Waals surface area contributed by atoms with Gasteiger partial charge in [0.25, 0.3) is 5.56 Å². The molecule has 0 radical (unpaired) electrons. The maximum absolute atomic E-state index is 12.8. The third kappa shape index (κ3) is 2.92. The smallest absolute Gasteiger partial charge is 0.318 e. The summed E-state index contributed by atoms with van der Waals surface area (Å²) in [5, 5.41) is 8.09. The van der Waals surface area contributed by atoms with Crippen molar-refractivity contribution in [3.8, 4) is 6.01 Å². The lowest BCUT2D eigenvalue weighted by Crippen LogP contribution is -2.42. The monoisotopic (exact) mass is 356 g/mol. The van der Waals surface area contributed by atoms with Crippen molar-refractivity contribution in [2.45, 2.75) is 25.4 Å². The Hall–Kier alpha value is -2.87. The van der Waals surface area contributed by atoms with Crippen LogP contribution in [0.5, 0.6) is 6.01 Å². The highest BCUT2D eigenvalue weighted by Gasteiger charge is 2.19. The van der Waals surface area contributed by atoms with E-state index in [1.165, 1.54) is 7.11 Å². The van der Waals surface area contributed by atoms with Crippen LogP contribution in [0, 0.1) is 0 Å². The van der Waals surface area contributed by atoms with Crippen molar-refractivity contribution in [3.63, 3.8) is 0 Å². The van der Waals surface area contributed by atoms with Crippen molar-refractivity contribution in [3.05, 3.63) is 40.7 Å². The van der Waals surface area contributed by atoms with Gasteiger partial charge in [0.1, 0.15) is 12.1 Å². The van der Waals surface area contributed by atoms with Gasteiger partial charge in [-0.1, -0.05) is 18.2 Å². The van der Waals surface area contributed by atoms with Crippen molar-refractivity contribution in [1.29, 1.82) is 0 Å². The molecule has 0 bridgehead atoms. The summed E-state index contributed by atoms with van der Waals surface area (Å²) < 4.78 is 13.5. The lowest BCUT2D eigenvalue weighted by molar-refractivity contribution is -0.123. The van der Waals surface area contributed by atoms with Gasteiger partial charge in [-0.15, -0.1) is 5.10 Å². The minimum absolute atomic E-state index is 0.0773. The SMILES string of the molecule is COc1nn(CC(=O)NC2CCOCC2)c(=O)c2cc3ccccc3n12. The summed E-state index contributed by atoms with van der Waals surface area (Å²) in [7, 11) is 1.49. The Labute approximate surface area is 149 Å². The first kappa shape index (κ1) is 16.6. The highest BCUT2D eigenvalue weighted by molar-refractivity contribution is 5.87. The molecule has 0 spiro atoms. The van der Waals surface area contributed by atoms with Crippen molar-refractivity contribution in [1.82, 2.24) is 19.5 Å². The zero-order valence-corrected chi connectivity index (χ0v) is 14.5. The van der Waals surface area contributed by atoms with Crippen LogP contribution < -0.4 is 15.6 Å². The van der Waals surface area contributed by atoms with Gasteiger partial charge >= 0.3 is 6.01 Å². The number of carbonyl (C=O) groups excluding carboxylic acids is 1. The zero-order chi connectivity index (χ0) is 18.1. The fraction of sp³-hybridized carbons (Fsp3) is 0.389. The maximum atomic E-state index is 12.8. The first-order valence-electron chi connectivity index (χ1n) is 8.60. The molecule has 1 aliphatic rings. The summed E-state index contributed by atoms with van der Waals surface area (Å²) in [6.07, 6.45) is 1.56. The average molecular weight is 356 g/mol. The van der Waals surface area contributed by atoms with E-state index in [1.807, 2.05) is 24.3 Å². The second-order valence-electron chi connectivity index (χ2n) is 6.33. The molecule has 8 heteroatoms. The molecule has 1 aromatic carbocycles. The summed E-state index contributed by atoms with van der Waals surface area (Å²) in [4.78, 5) is 25.2. The summed E-state index contributed by atoms with van der Waals surface area (Å²) >= 11 is 0. The Morgan fingerprint density at radius 3 is 2.85 bits per heavy atom. The highest BCUT2D eigenvalue weighted by Crippen LogP contribution is 2.21. The number of fused-ring (bicyclic) bond motifs is 3. The van der Waals surface area contributed by atoms with E-state index < -0.39 is 0 Å². The van der Waals surface area contributed by atoms with Crippen LogP contribution in [0.1, 0.15) is 12.8 Å². The number of benzene rings is 1. The number of nitrogens with zero attached hydrogens (tertiary/aromatic N) is 3. The van der Waals surface area contributed by atoms with Gasteiger partial charge in [0.15, 0.2) is 0 Å². The lowest BCUT2D eigenvalue weighted by Gasteiger charge is -2.23. The van der Waals surface area contributed by atoms with E-state index in [0.29, 0.717) is 18.7 Å². The van der Waals surface area contributed by atoms with Crippen LogP contribution in [0.2, 0.25) is 0 Å².